The maximum atomic E-state index is 12.3. The second-order valence-electron chi connectivity index (χ2n) is 3.20. The third-order valence-electron chi connectivity index (χ3n) is 1.70. The summed E-state index contributed by atoms with van der Waals surface area (Å²) >= 11 is 0. The number of carbonyl (C=O) groups is 2. The summed E-state index contributed by atoms with van der Waals surface area (Å²) in [7, 11) is 0. The summed E-state index contributed by atoms with van der Waals surface area (Å²) < 4.78 is 56.3. The minimum absolute atomic E-state index is 0.444. The lowest BCUT2D eigenvalue weighted by Gasteiger charge is -2.04. The van der Waals surface area contributed by atoms with Crippen LogP contribution >= 0.6 is 0 Å². The smallest absolute Gasteiger partial charge is 0.475 e. The first kappa shape index (κ1) is 15.6. The van der Waals surface area contributed by atoms with E-state index >= 15 is 0 Å². The Balaban J connectivity index is 0.000000325. The van der Waals surface area contributed by atoms with E-state index in [4.69, 9.17) is 15.6 Å². The summed E-state index contributed by atoms with van der Waals surface area (Å²) in [6.07, 6.45) is -5.55. The number of rotatable bonds is 1. The Bertz CT molecular complexity index is 304. The number of halogens is 5. The van der Waals surface area contributed by atoms with Crippen molar-refractivity contribution >= 4 is 11.9 Å². The first-order valence-electron chi connectivity index (χ1n) is 4.16. The number of aliphatic carboxylic acids is 1. The molecule has 0 aromatic heterocycles. The Hall–Kier alpha value is -1.45. The van der Waals surface area contributed by atoms with E-state index in [1.807, 2.05) is 0 Å². The van der Waals surface area contributed by atoms with Gasteiger partial charge in [-0.1, -0.05) is 0 Å². The molecule has 100 valence electrons. The summed E-state index contributed by atoms with van der Waals surface area (Å²) in [5.74, 6) is -6.23. The fourth-order valence-corrected chi connectivity index (χ4v) is 0.917. The first-order chi connectivity index (χ1) is 7.46. The zero-order valence-corrected chi connectivity index (χ0v) is 8.22. The van der Waals surface area contributed by atoms with E-state index in [0.717, 1.165) is 0 Å². The van der Waals surface area contributed by atoms with Gasteiger partial charge in [0.15, 0.2) is 0 Å². The molecule has 4 N–H and O–H groups in total. The van der Waals surface area contributed by atoms with Crippen molar-refractivity contribution in [2.75, 3.05) is 6.54 Å². The van der Waals surface area contributed by atoms with E-state index in [-0.39, 0.29) is 0 Å². The van der Waals surface area contributed by atoms with Crippen molar-refractivity contribution in [2.24, 2.45) is 5.73 Å². The molecule has 10 heteroatoms. The van der Waals surface area contributed by atoms with E-state index in [1.165, 1.54) is 0 Å². The zero-order chi connectivity index (χ0) is 13.9. The first-order valence-corrected chi connectivity index (χ1v) is 4.16. The molecule has 0 bridgehead atoms. The molecule has 1 aliphatic rings. The van der Waals surface area contributed by atoms with Gasteiger partial charge in [0.2, 0.25) is 5.91 Å². The number of nitrogens with two attached hydrogens (primary N) is 1. The standard InChI is InChI=1S/C5H8F2N2O.C2HF3O2/c6-5(7)1-3(4(8)10)9-2-5;3-2(4,5)1(6)7/h3,9H,1-2H2,(H2,8,10);(H,6,7). The van der Waals surface area contributed by atoms with Crippen LogP contribution in [0.4, 0.5) is 22.0 Å². The predicted octanol–water partition coefficient (Wildman–Crippen LogP) is 0.102. The van der Waals surface area contributed by atoms with Crippen LogP contribution in [0.25, 0.3) is 0 Å². The van der Waals surface area contributed by atoms with E-state index < -0.39 is 43.0 Å². The van der Waals surface area contributed by atoms with Gasteiger partial charge in [-0.2, -0.15) is 13.2 Å². The van der Waals surface area contributed by atoms with E-state index in [9.17, 15) is 26.7 Å². The molecule has 1 unspecified atom stereocenters. The molecule has 1 heterocycles. The lowest BCUT2D eigenvalue weighted by atomic mass is 10.2. The second-order valence-corrected chi connectivity index (χ2v) is 3.20. The van der Waals surface area contributed by atoms with Gasteiger partial charge in [0.1, 0.15) is 0 Å². The van der Waals surface area contributed by atoms with Crippen molar-refractivity contribution in [2.45, 2.75) is 24.6 Å². The maximum Gasteiger partial charge on any atom is 0.490 e. The average Bonchev–Trinajstić information content (AvgIpc) is 2.45. The fourth-order valence-electron chi connectivity index (χ4n) is 0.917. The number of primary amides is 1. The van der Waals surface area contributed by atoms with Crippen LogP contribution in [0.2, 0.25) is 0 Å². The number of carbonyl (C=O) groups excluding carboxylic acids is 1. The molecule has 0 spiro atoms. The summed E-state index contributed by atoms with van der Waals surface area (Å²) in [5, 5.41) is 9.45. The van der Waals surface area contributed by atoms with Crippen LogP contribution in [0.1, 0.15) is 6.42 Å². The second kappa shape index (κ2) is 5.25. The largest absolute Gasteiger partial charge is 0.490 e. The van der Waals surface area contributed by atoms with Crippen molar-refractivity contribution in [3.63, 3.8) is 0 Å². The van der Waals surface area contributed by atoms with Crippen molar-refractivity contribution in [3.05, 3.63) is 0 Å². The van der Waals surface area contributed by atoms with Gasteiger partial charge in [-0.05, 0) is 0 Å². The molecule has 1 atom stereocenters. The van der Waals surface area contributed by atoms with Gasteiger partial charge in [-0.15, -0.1) is 0 Å². The molecule has 1 fully saturated rings. The Morgan fingerprint density at radius 1 is 1.35 bits per heavy atom. The lowest BCUT2D eigenvalue weighted by Crippen LogP contribution is -2.36. The minimum atomic E-state index is -5.08. The lowest BCUT2D eigenvalue weighted by molar-refractivity contribution is -0.192. The van der Waals surface area contributed by atoms with Crippen LogP contribution in [-0.2, 0) is 9.59 Å². The average molecular weight is 264 g/mol. The molecule has 1 rings (SSSR count). The van der Waals surface area contributed by atoms with Crippen LogP contribution in [0, 0.1) is 0 Å². The number of carboxylic acid groups (broad SMARTS) is 1. The van der Waals surface area contributed by atoms with Gasteiger partial charge in [0.25, 0.3) is 5.92 Å². The van der Waals surface area contributed by atoms with Crippen LogP contribution in [0.3, 0.4) is 0 Å². The quantitative estimate of drug-likeness (QED) is 0.586. The topological polar surface area (TPSA) is 92.4 Å². The number of amides is 1. The van der Waals surface area contributed by atoms with Crippen molar-refractivity contribution in [3.8, 4) is 0 Å². The molecule has 0 aromatic rings. The number of nitrogens with one attached hydrogen (secondary N) is 1. The monoisotopic (exact) mass is 264 g/mol. The molecule has 1 amide bonds. The molecule has 0 aromatic carbocycles. The van der Waals surface area contributed by atoms with Gasteiger partial charge in [-0.25, -0.2) is 13.6 Å². The Morgan fingerprint density at radius 2 is 1.76 bits per heavy atom. The van der Waals surface area contributed by atoms with Crippen LogP contribution in [0.15, 0.2) is 0 Å². The summed E-state index contributed by atoms with van der Waals surface area (Å²) in [6.45, 7) is -0.444. The normalized spacial score (nSPS) is 22.5. The predicted molar refractivity (Wildman–Crippen MR) is 44.2 cm³/mol. The Kier molecular flexibility index (Phi) is 4.81. The highest BCUT2D eigenvalue weighted by molar-refractivity contribution is 5.80. The van der Waals surface area contributed by atoms with Crippen molar-refractivity contribution in [1.82, 2.24) is 5.32 Å². The number of alkyl halides is 5. The SMILES string of the molecule is NC(=O)C1CC(F)(F)CN1.O=C(O)C(F)(F)F. The highest BCUT2D eigenvalue weighted by atomic mass is 19.4. The number of hydrogen-bond donors (Lipinski definition) is 3. The minimum Gasteiger partial charge on any atom is -0.475 e. The highest BCUT2D eigenvalue weighted by Crippen LogP contribution is 2.24. The molecule has 0 radical (unpaired) electrons. The van der Waals surface area contributed by atoms with Crippen molar-refractivity contribution in [1.29, 1.82) is 0 Å². The number of carboxylic acids is 1. The van der Waals surface area contributed by atoms with Gasteiger partial charge < -0.3 is 10.8 Å². The third-order valence-corrected chi connectivity index (χ3v) is 1.70. The highest BCUT2D eigenvalue weighted by Gasteiger charge is 2.41. The number of hydrogen-bond acceptors (Lipinski definition) is 3. The van der Waals surface area contributed by atoms with E-state index in [1.54, 1.807) is 0 Å². The third kappa shape index (κ3) is 6.00. The van der Waals surface area contributed by atoms with Gasteiger partial charge >= 0.3 is 12.1 Å². The molecule has 17 heavy (non-hydrogen) atoms. The summed E-state index contributed by atoms with van der Waals surface area (Å²) in [4.78, 5) is 19.2. The zero-order valence-electron chi connectivity index (χ0n) is 8.22. The van der Waals surface area contributed by atoms with Gasteiger partial charge in [0, 0.05) is 6.42 Å². The summed E-state index contributed by atoms with van der Waals surface area (Å²) in [6, 6.07) is -0.852. The Labute approximate surface area is 91.8 Å². The van der Waals surface area contributed by atoms with Crippen molar-refractivity contribution < 1.29 is 36.6 Å². The van der Waals surface area contributed by atoms with Gasteiger partial charge in [0.05, 0.1) is 12.6 Å². The molecule has 1 aliphatic heterocycles. The Morgan fingerprint density at radius 3 is 1.88 bits per heavy atom. The fraction of sp³-hybridized carbons (Fsp3) is 0.714. The van der Waals surface area contributed by atoms with E-state index in [0.29, 0.717) is 0 Å². The molecule has 0 saturated carbocycles. The molecule has 0 aliphatic carbocycles. The van der Waals surface area contributed by atoms with E-state index in [2.05, 4.69) is 5.32 Å². The van der Waals surface area contributed by atoms with Gasteiger partial charge in [-0.3, -0.25) is 10.1 Å². The summed E-state index contributed by atoms with van der Waals surface area (Å²) in [5.41, 5.74) is 4.78. The maximum absolute atomic E-state index is 12.3. The molecular weight excluding hydrogens is 255 g/mol. The van der Waals surface area contributed by atoms with Crippen LogP contribution in [-0.4, -0.2) is 41.7 Å². The molecule has 1 saturated heterocycles. The molecular formula is C7H9F5N2O3. The van der Waals surface area contributed by atoms with Crippen LogP contribution < -0.4 is 11.1 Å². The molecule has 5 nitrogen and oxygen atoms in total. The van der Waals surface area contributed by atoms with Crippen LogP contribution in [0.5, 0.6) is 0 Å².